The maximum absolute atomic E-state index is 13.2. The third-order valence-corrected chi connectivity index (χ3v) is 8.96. The number of benzene rings is 2. The van der Waals surface area contributed by atoms with E-state index in [1.54, 1.807) is 0 Å². The Labute approximate surface area is 299 Å². The fraction of sp³-hybridized carbons (Fsp3) is 0.500. The van der Waals surface area contributed by atoms with Crippen LogP contribution in [0.5, 0.6) is 11.5 Å². The van der Waals surface area contributed by atoms with Gasteiger partial charge in [0, 0.05) is 0 Å². The quantitative estimate of drug-likeness (QED) is 0.0811. The smallest absolute Gasteiger partial charge is 0.423 e. The average Bonchev–Trinajstić information content (AvgIpc) is 2.98. The molecule has 0 radical (unpaired) electrons. The van der Waals surface area contributed by atoms with Crippen LogP contribution in [0.1, 0.15) is 101 Å². The fourth-order valence-corrected chi connectivity index (χ4v) is 5.55. The Balaban J connectivity index is 2.37. The van der Waals surface area contributed by atoms with Gasteiger partial charge >= 0.3 is 23.9 Å². The Morgan fingerprint density at radius 2 is 0.913 bits per heavy atom. The predicted molar refractivity (Wildman–Crippen MR) is 181 cm³/mol. The summed E-state index contributed by atoms with van der Waals surface area (Å²) < 4.78 is 21.3. The van der Waals surface area contributed by atoms with Crippen LogP contribution in [0, 0.1) is 10.8 Å². The third-order valence-electron chi connectivity index (χ3n) is 6.82. The molecule has 0 atom stereocenters. The molecular weight excluding hydrogens is 725 g/mol. The van der Waals surface area contributed by atoms with Crippen LogP contribution in [0.25, 0.3) is 0 Å². The third kappa shape index (κ3) is 11.1. The van der Waals surface area contributed by atoms with E-state index in [-0.39, 0.29) is 54.2 Å². The van der Waals surface area contributed by atoms with Crippen molar-refractivity contribution in [1.82, 2.24) is 0 Å². The lowest BCUT2D eigenvalue weighted by Gasteiger charge is -2.24. The van der Waals surface area contributed by atoms with Gasteiger partial charge in [0.2, 0.25) is 0 Å². The molecule has 2 rings (SSSR count). The summed E-state index contributed by atoms with van der Waals surface area (Å²) >= 11 is 37.4. The topological polar surface area (TPSA) is 105 Å². The van der Waals surface area contributed by atoms with E-state index in [9.17, 15) is 19.2 Å². The molecule has 0 unspecified atom stereocenters. The first-order chi connectivity index (χ1) is 21.4. The number of unbranched alkanes of at least 4 members (excludes halogenated alkanes) is 2. The van der Waals surface area contributed by atoms with Gasteiger partial charge in [-0.25, -0.2) is 19.2 Å². The minimum atomic E-state index is -1.65. The number of esters is 4. The van der Waals surface area contributed by atoms with Gasteiger partial charge in [-0.3, -0.25) is 0 Å². The molecule has 0 fully saturated rings. The number of halogens is 6. The van der Waals surface area contributed by atoms with Gasteiger partial charge in [0.1, 0.15) is 11.1 Å². The van der Waals surface area contributed by atoms with Crippen LogP contribution in [0.3, 0.4) is 0 Å². The molecule has 0 heterocycles. The van der Waals surface area contributed by atoms with Gasteiger partial charge in [0.15, 0.2) is 11.5 Å². The summed E-state index contributed by atoms with van der Waals surface area (Å²) in [5.41, 5.74) is -1.70. The van der Waals surface area contributed by atoms with E-state index < -0.39 is 46.5 Å². The summed E-state index contributed by atoms with van der Waals surface area (Å²) in [6.45, 7) is 11.8. The van der Waals surface area contributed by atoms with Crippen LogP contribution in [0.15, 0.2) is 12.1 Å². The Hall–Kier alpha value is -1.94. The van der Waals surface area contributed by atoms with Gasteiger partial charge in [0.25, 0.3) is 0 Å². The molecule has 2 aromatic carbocycles. The van der Waals surface area contributed by atoms with Crippen LogP contribution >= 0.6 is 69.6 Å². The molecule has 0 bridgehead atoms. The van der Waals surface area contributed by atoms with E-state index >= 15 is 0 Å². The second-order valence-corrected chi connectivity index (χ2v) is 14.6. The predicted octanol–water partition coefficient (Wildman–Crippen LogP) is 10.9. The van der Waals surface area contributed by atoms with Crippen molar-refractivity contribution in [2.75, 3.05) is 13.2 Å². The summed E-state index contributed by atoms with van der Waals surface area (Å²) in [6, 6.07) is 2.24. The van der Waals surface area contributed by atoms with E-state index in [0.29, 0.717) is 0 Å². The number of hydrogen-bond acceptors (Lipinski definition) is 8. The van der Waals surface area contributed by atoms with E-state index in [0.717, 1.165) is 50.7 Å². The maximum atomic E-state index is 13.2. The summed E-state index contributed by atoms with van der Waals surface area (Å²) in [4.78, 5) is 52.3. The highest BCUT2D eigenvalue weighted by Gasteiger charge is 2.33. The molecule has 8 nitrogen and oxygen atoms in total. The largest absolute Gasteiger partial charge is 0.461 e. The monoisotopic (exact) mass is 758 g/mol. The summed E-state index contributed by atoms with van der Waals surface area (Å²) in [5.74, 6) is -6.48. The molecule has 0 aliphatic rings. The van der Waals surface area contributed by atoms with Gasteiger partial charge in [-0.15, -0.1) is 0 Å². The first-order valence-electron chi connectivity index (χ1n) is 14.5. The Morgan fingerprint density at radius 3 is 1.22 bits per heavy atom. The Bertz CT molecular complexity index is 1360. The molecule has 0 amide bonds. The zero-order chi connectivity index (χ0) is 35.0. The van der Waals surface area contributed by atoms with E-state index in [1.165, 1.54) is 0 Å². The van der Waals surface area contributed by atoms with Crippen molar-refractivity contribution in [3.05, 3.63) is 53.4 Å². The van der Waals surface area contributed by atoms with Gasteiger partial charge in [-0.2, -0.15) is 0 Å². The minimum absolute atomic E-state index is 0.00616. The Kier molecular flexibility index (Phi) is 15.3. The number of hydrogen-bond donors (Lipinski definition) is 0. The normalized spacial score (nSPS) is 11.7. The van der Waals surface area contributed by atoms with E-state index in [2.05, 4.69) is 0 Å². The molecule has 0 N–H and O–H groups in total. The second-order valence-electron chi connectivity index (χ2n) is 12.2. The standard InChI is InChI=1S/C32H36Cl6O8/c1-7-9-11-31(3,4)15-43-27(39)21-23(37)17(33)13-19(35)25(21)45-29(41)30(42)46-26-20(36)14-18(34)24(38)22(26)28(40)44-16-32(5,6)12-10-8-2/h13-14H,7-12,15-16H2,1-6H3. The van der Waals surface area contributed by atoms with Crippen molar-refractivity contribution in [2.24, 2.45) is 10.8 Å². The number of carbonyl (C=O) groups excluding carboxylic acids is 4. The van der Waals surface area contributed by atoms with Crippen LogP contribution in [-0.4, -0.2) is 37.1 Å². The highest BCUT2D eigenvalue weighted by molar-refractivity contribution is 6.47. The van der Waals surface area contributed by atoms with Crippen molar-refractivity contribution in [3.63, 3.8) is 0 Å². The van der Waals surface area contributed by atoms with Crippen molar-refractivity contribution in [2.45, 2.75) is 80.1 Å². The minimum Gasteiger partial charge on any atom is -0.461 e. The number of carbonyl (C=O) groups is 4. The van der Waals surface area contributed by atoms with Gasteiger partial charge in [-0.05, 0) is 35.8 Å². The zero-order valence-corrected chi connectivity index (χ0v) is 30.9. The van der Waals surface area contributed by atoms with Crippen LogP contribution < -0.4 is 9.47 Å². The first kappa shape index (κ1) is 40.2. The zero-order valence-electron chi connectivity index (χ0n) is 26.3. The second kappa shape index (κ2) is 17.5. The van der Waals surface area contributed by atoms with Crippen LogP contribution in [0.4, 0.5) is 0 Å². The SMILES string of the molecule is CCCCC(C)(C)COC(=O)c1c(Cl)c(Cl)cc(Cl)c1OC(=O)C(=O)Oc1c(Cl)cc(Cl)c(Cl)c1C(=O)OCC(C)(C)CCCC. The molecule has 0 aromatic heterocycles. The van der Waals surface area contributed by atoms with Crippen molar-refractivity contribution >= 4 is 93.5 Å². The van der Waals surface area contributed by atoms with Crippen molar-refractivity contribution in [1.29, 1.82) is 0 Å². The lowest BCUT2D eigenvalue weighted by atomic mass is 9.88. The van der Waals surface area contributed by atoms with Crippen molar-refractivity contribution in [3.8, 4) is 11.5 Å². The lowest BCUT2D eigenvalue weighted by Crippen LogP contribution is -2.28. The summed E-state index contributed by atoms with van der Waals surface area (Å²) in [7, 11) is 0. The van der Waals surface area contributed by atoms with Crippen LogP contribution in [-0.2, 0) is 19.1 Å². The molecule has 0 saturated heterocycles. The highest BCUT2D eigenvalue weighted by Crippen LogP contribution is 2.42. The van der Waals surface area contributed by atoms with Gasteiger partial charge in [0.05, 0.1) is 43.3 Å². The molecule has 46 heavy (non-hydrogen) atoms. The number of ether oxygens (including phenoxy) is 4. The molecule has 0 saturated carbocycles. The average molecular weight is 761 g/mol. The lowest BCUT2D eigenvalue weighted by molar-refractivity contribution is -0.156. The first-order valence-corrected chi connectivity index (χ1v) is 16.8. The van der Waals surface area contributed by atoms with Gasteiger partial charge < -0.3 is 18.9 Å². The molecule has 0 spiro atoms. The van der Waals surface area contributed by atoms with E-state index in [1.807, 2.05) is 41.5 Å². The Morgan fingerprint density at radius 1 is 0.587 bits per heavy atom. The number of rotatable bonds is 14. The highest BCUT2D eigenvalue weighted by atomic mass is 35.5. The van der Waals surface area contributed by atoms with E-state index in [4.69, 9.17) is 88.6 Å². The molecule has 254 valence electrons. The van der Waals surface area contributed by atoms with Crippen LogP contribution in [0.2, 0.25) is 30.1 Å². The molecule has 0 aliphatic heterocycles. The molecule has 14 heteroatoms. The fourth-order valence-electron chi connectivity index (χ4n) is 4.11. The molecule has 0 aliphatic carbocycles. The summed E-state index contributed by atoms with van der Waals surface area (Å²) in [5, 5.41) is -1.55. The maximum Gasteiger partial charge on any atom is 0.423 e. The molecular formula is C32H36Cl6O8. The summed E-state index contributed by atoms with van der Waals surface area (Å²) in [6.07, 6.45) is 5.29. The van der Waals surface area contributed by atoms with Gasteiger partial charge in [-0.1, -0.05) is 137 Å². The van der Waals surface area contributed by atoms with Crippen molar-refractivity contribution < 1.29 is 38.1 Å². The molecule has 2 aromatic rings.